The average Bonchev–Trinajstić information content (AvgIpc) is 2.78. The molecule has 0 unspecified atom stereocenters. The first-order valence-electron chi connectivity index (χ1n) is 10.2. The van der Waals surface area contributed by atoms with E-state index in [2.05, 4.69) is 10.3 Å². The topological polar surface area (TPSA) is 58.1 Å². The van der Waals surface area contributed by atoms with Crippen LogP contribution in [-0.4, -0.2) is 22.9 Å². The number of aromatic nitrogens is 2. The summed E-state index contributed by atoms with van der Waals surface area (Å²) in [7, 11) is 0. The third kappa shape index (κ3) is 5.98. The van der Waals surface area contributed by atoms with Gasteiger partial charge in [-0.2, -0.15) is 0 Å². The van der Waals surface area contributed by atoms with Gasteiger partial charge in [-0.15, -0.1) is 0 Å². The van der Waals surface area contributed by atoms with Gasteiger partial charge >= 0.3 is 0 Å². The van der Waals surface area contributed by atoms with Gasteiger partial charge in [0.25, 0.3) is 0 Å². The number of pyridine rings is 2. The van der Waals surface area contributed by atoms with Crippen LogP contribution < -0.4 is 10.2 Å². The molecule has 0 fully saturated rings. The lowest BCUT2D eigenvalue weighted by Crippen LogP contribution is -2.23. The van der Waals surface area contributed by atoms with Crippen molar-refractivity contribution in [2.75, 3.05) is 16.8 Å². The molecule has 6 heteroatoms. The van der Waals surface area contributed by atoms with Crippen molar-refractivity contribution in [3.05, 3.63) is 89.1 Å². The van der Waals surface area contributed by atoms with Crippen LogP contribution >= 0.6 is 0 Å². The van der Waals surface area contributed by atoms with Crippen LogP contribution in [0.2, 0.25) is 0 Å². The maximum atomic E-state index is 13.5. The van der Waals surface area contributed by atoms with Crippen molar-refractivity contribution in [2.24, 2.45) is 0 Å². The Bertz CT molecular complexity index is 1060. The molecule has 3 aromatic rings. The van der Waals surface area contributed by atoms with Gasteiger partial charge in [0.05, 0.1) is 17.9 Å². The molecule has 0 aliphatic carbocycles. The lowest BCUT2D eigenvalue weighted by molar-refractivity contribution is -0.107. The molecule has 31 heavy (non-hydrogen) atoms. The molecule has 0 atom stereocenters. The Morgan fingerprint density at radius 3 is 2.58 bits per heavy atom. The van der Waals surface area contributed by atoms with E-state index in [0.29, 0.717) is 31.0 Å². The second-order valence-corrected chi connectivity index (χ2v) is 7.59. The number of benzene rings is 1. The Morgan fingerprint density at radius 2 is 1.90 bits per heavy atom. The van der Waals surface area contributed by atoms with Crippen LogP contribution in [0.15, 0.2) is 66.5 Å². The Morgan fingerprint density at radius 1 is 1.10 bits per heavy atom. The highest BCUT2D eigenvalue weighted by Gasteiger charge is 2.15. The van der Waals surface area contributed by atoms with Gasteiger partial charge < -0.3 is 10.2 Å². The number of carbonyl (C=O) groups is 1. The number of anilines is 2. The standard InChI is InChI=1S/C25H27FN4O/c1-18(2)19(3)23-9-10-24(30(17-31)16-21-7-5-12-27-15-21)25(29-23)28-13-11-20-6-4-8-22(26)14-20/h4-10,12,14-15,17H,11,13,16H2,1-3H3,(H,28,29). The lowest BCUT2D eigenvalue weighted by Gasteiger charge is -2.22. The van der Waals surface area contributed by atoms with Crippen molar-refractivity contribution < 1.29 is 9.18 Å². The molecule has 0 saturated carbocycles. The fraction of sp³-hybridized carbons (Fsp3) is 0.240. The van der Waals surface area contributed by atoms with Gasteiger partial charge in [-0.3, -0.25) is 9.78 Å². The highest BCUT2D eigenvalue weighted by molar-refractivity contribution is 5.83. The molecule has 0 spiro atoms. The number of halogens is 1. The number of hydrogen-bond acceptors (Lipinski definition) is 4. The van der Waals surface area contributed by atoms with Crippen LogP contribution in [-0.2, 0) is 17.8 Å². The molecular weight excluding hydrogens is 391 g/mol. The highest BCUT2D eigenvalue weighted by Crippen LogP contribution is 2.28. The zero-order chi connectivity index (χ0) is 22.2. The van der Waals surface area contributed by atoms with Gasteiger partial charge in [-0.25, -0.2) is 9.37 Å². The molecule has 0 saturated heterocycles. The van der Waals surface area contributed by atoms with Crippen molar-refractivity contribution >= 4 is 23.5 Å². The van der Waals surface area contributed by atoms with Crippen molar-refractivity contribution in [3.63, 3.8) is 0 Å². The molecule has 2 aromatic heterocycles. The first-order valence-corrected chi connectivity index (χ1v) is 10.2. The van der Waals surface area contributed by atoms with Crippen molar-refractivity contribution in [3.8, 4) is 0 Å². The maximum absolute atomic E-state index is 13.5. The smallest absolute Gasteiger partial charge is 0.214 e. The Hall–Kier alpha value is -3.54. The molecule has 3 rings (SSSR count). The van der Waals surface area contributed by atoms with E-state index >= 15 is 0 Å². The number of nitrogens with zero attached hydrogens (tertiary/aromatic N) is 3. The Kier molecular flexibility index (Phi) is 7.49. The summed E-state index contributed by atoms with van der Waals surface area (Å²) >= 11 is 0. The summed E-state index contributed by atoms with van der Waals surface area (Å²) < 4.78 is 13.5. The van der Waals surface area contributed by atoms with Crippen LogP contribution in [0, 0.1) is 5.82 Å². The second-order valence-electron chi connectivity index (χ2n) is 7.59. The van der Waals surface area contributed by atoms with E-state index in [9.17, 15) is 9.18 Å². The third-order valence-electron chi connectivity index (χ3n) is 5.12. The van der Waals surface area contributed by atoms with E-state index in [1.54, 1.807) is 23.4 Å². The molecule has 1 amide bonds. The Labute approximate surface area is 182 Å². The molecule has 1 aromatic carbocycles. The molecule has 2 heterocycles. The number of rotatable bonds is 9. The van der Waals surface area contributed by atoms with Gasteiger partial charge in [-0.05, 0) is 74.2 Å². The molecule has 5 nitrogen and oxygen atoms in total. The summed E-state index contributed by atoms with van der Waals surface area (Å²) in [5.74, 6) is 0.367. The van der Waals surface area contributed by atoms with Gasteiger partial charge in [0.15, 0.2) is 5.82 Å². The lowest BCUT2D eigenvalue weighted by atomic mass is 10.1. The predicted octanol–water partition coefficient (Wildman–Crippen LogP) is 5.25. The number of carbonyl (C=O) groups excluding carboxylic acids is 1. The molecule has 0 aliphatic heterocycles. The minimum atomic E-state index is -0.249. The van der Waals surface area contributed by atoms with Crippen LogP contribution in [0.1, 0.15) is 37.6 Å². The maximum Gasteiger partial charge on any atom is 0.214 e. The van der Waals surface area contributed by atoms with Crippen LogP contribution in [0.25, 0.3) is 5.57 Å². The predicted molar refractivity (Wildman–Crippen MR) is 123 cm³/mol. The van der Waals surface area contributed by atoms with E-state index in [0.717, 1.165) is 28.8 Å². The van der Waals surface area contributed by atoms with Gasteiger partial charge in [0.2, 0.25) is 6.41 Å². The number of nitrogens with one attached hydrogen (secondary N) is 1. The fourth-order valence-corrected chi connectivity index (χ4v) is 3.16. The molecule has 0 radical (unpaired) electrons. The summed E-state index contributed by atoms with van der Waals surface area (Å²) in [6, 6.07) is 14.2. The summed E-state index contributed by atoms with van der Waals surface area (Å²) in [6.45, 7) is 7.06. The highest BCUT2D eigenvalue weighted by atomic mass is 19.1. The summed E-state index contributed by atoms with van der Waals surface area (Å²) in [4.78, 5) is 22.4. The summed E-state index contributed by atoms with van der Waals surface area (Å²) in [6.07, 6.45) is 4.87. The van der Waals surface area contributed by atoms with Gasteiger partial charge in [0.1, 0.15) is 5.82 Å². The van der Waals surface area contributed by atoms with E-state index in [1.165, 1.54) is 17.7 Å². The molecular formula is C25H27FN4O. The van der Waals surface area contributed by atoms with Crippen molar-refractivity contribution in [2.45, 2.75) is 33.7 Å². The monoisotopic (exact) mass is 418 g/mol. The number of amides is 1. The second kappa shape index (κ2) is 10.5. The molecule has 160 valence electrons. The molecule has 1 N–H and O–H groups in total. The SMILES string of the molecule is CC(C)=C(C)c1ccc(N(C=O)Cc2cccnc2)c(NCCc2cccc(F)c2)n1. The third-order valence-corrected chi connectivity index (χ3v) is 5.12. The first kappa shape index (κ1) is 22.2. The molecule has 0 bridgehead atoms. The minimum Gasteiger partial charge on any atom is -0.368 e. The van der Waals surface area contributed by atoms with Crippen LogP contribution in [0.3, 0.4) is 0 Å². The Balaban J connectivity index is 1.87. The minimum absolute atomic E-state index is 0.249. The first-order chi connectivity index (χ1) is 15.0. The number of hydrogen-bond donors (Lipinski definition) is 1. The van der Waals surface area contributed by atoms with E-state index in [1.807, 2.05) is 51.1 Å². The van der Waals surface area contributed by atoms with E-state index in [-0.39, 0.29) is 5.82 Å². The molecule has 0 aliphatic rings. The van der Waals surface area contributed by atoms with Crippen molar-refractivity contribution in [1.29, 1.82) is 0 Å². The van der Waals surface area contributed by atoms with Gasteiger partial charge in [0, 0.05) is 18.9 Å². The number of allylic oxidation sites excluding steroid dienone is 2. The zero-order valence-corrected chi connectivity index (χ0v) is 18.1. The zero-order valence-electron chi connectivity index (χ0n) is 18.1. The van der Waals surface area contributed by atoms with Crippen molar-refractivity contribution in [1.82, 2.24) is 9.97 Å². The summed E-state index contributed by atoms with van der Waals surface area (Å²) in [5, 5.41) is 3.34. The summed E-state index contributed by atoms with van der Waals surface area (Å²) in [5.41, 5.74) is 5.61. The van der Waals surface area contributed by atoms with E-state index < -0.39 is 0 Å². The van der Waals surface area contributed by atoms with Gasteiger partial charge in [-0.1, -0.05) is 23.8 Å². The van der Waals surface area contributed by atoms with E-state index in [4.69, 9.17) is 4.98 Å². The van der Waals surface area contributed by atoms with Crippen LogP contribution in [0.5, 0.6) is 0 Å². The fourth-order valence-electron chi connectivity index (χ4n) is 3.16. The van der Waals surface area contributed by atoms with Crippen LogP contribution in [0.4, 0.5) is 15.9 Å². The largest absolute Gasteiger partial charge is 0.368 e. The normalized spacial score (nSPS) is 10.5. The average molecular weight is 419 g/mol. The quantitative estimate of drug-likeness (QED) is 0.483.